The quantitative estimate of drug-likeness (QED) is 0.0277. The van der Waals surface area contributed by atoms with Crippen LogP contribution in [0, 0.1) is 0 Å². The number of carbonyl (C=O) groups excluding carboxylic acids is 1. The first-order valence-corrected chi connectivity index (χ1v) is 23.5. The van der Waals surface area contributed by atoms with Gasteiger partial charge in [0.25, 0.3) is 0 Å². The molecule has 0 aromatic rings. The molecule has 0 aliphatic heterocycles. The van der Waals surface area contributed by atoms with Gasteiger partial charge in [0.05, 0.1) is 25.4 Å². The Morgan fingerprint density at radius 1 is 0.615 bits per heavy atom. The molecule has 0 saturated heterocycles. The van der Waals surface area contributed by atoms with E-state index >= 15 is 0 Å². The predicted molar refractivity (Wildman–Crippen MR) is 221 cm³/mol. The Kier molecular flexibility index (Phi) is 38.9. The minimum absolute atomic E-state index is 0.0781. The van der Waals surface area contributed by atoms with Gasteiger partial charge in [-0.1, -0.05) is 186 Å². The largest absolute Gasteiger partial charge is 0.472 e. The van der Waals surface area contributed by atoms with Crippen molar-refractivity contribution in [2.75, 3.05) is 19.8 Å². The molecule has 1 amide bonds. The van der Waals surface area contributed by atoms with Gasteiger partial charge in [0.2, 0.25) is 5.91 Å². The highest BCUT2D eigenvalue weighted by molar-refractivity contribution is 7.47. The van der Waals surface area contributed by atoms with E-state index in [9.17, 15) is 19.4 Å². The molecule has 0 aromatic carbocycles. The first kappa shape index (κ1) is 51.0. The van der Waals surface area contributed by atoms with Crippen LogP contribution in [0.4, 0.5) is 0 Å². The Hall–Kier alpha value is -1.02. The lowest BCUT2D eigenvalue weighted by molar-refractivity contribution is -0.123. The summed E-state index contributed by atoms with van der Waals surface area (Å²) >= 11 is 0. The van der Waals surface area contributed by atoms with Gasteiger partial charge in [-0.15, -0.1) is 0 Å². The third-order valence-electron chi connectivity index (χ3n) is 9.77. The van der Waals surface area contributed by atoms with Gasteiger partial charge in [0.1, 0.15) is 0 Å². The third kappa shape index (κ3) is 37.3. The fourth-order valence-corrected chi connectivity index (χ4v) is 7.18. The van der Waals surface area contributed by atoms with E-state index in [-0.39, 0.29) is 25.7 Å². The van der Waals surface area contributed by atoms with Crippen LogP contribution in [-0.4, -0.2) is 47.8 Å². The Morgan fingerprint density at radius 2 is 1.00 bits per heavy atom. The summed E-state index contributed by atoms with van der Waals surface area (Å²) in [5.74, 6) is -0.202. The standard InChI is InChI=1S/C43H85N2O6P/c1-3-5-7-9-11-13-15-17-19-20-21-23-24-26-28-30-32-34-36-42(46)41(40-51-52(48,49)50-39-38-44)45-43(47)37-35-33-31-29-27-25-22-18-16-14-12-10-8-6-4-2/h18,22,34,36,41-42,46H,3-17,19-21,23-33,35,37-40,44H2,1-2H3,(H,45,47)(H,48,49)/b22-18-,36-34+. The number of aliphatic hydroxyl groups excluding tert-OH is 1. The highest BCUT2D eigenvalue weighted by Gasteiger charge is 2.26. The van der Waals surface area contributed by atoms with Crippen LogP contribution in [-0.2, 0) is 18.4 Å². The summed E-state index contributed by atoms with van der Waals surface area (Å²) in [5.41, 5.74) is 5.37. The average molecular weight is 757 g/mol. The minimum atomic E-state index is -4.34. The molecule has 0 heterocycles. The van der Waals surface area contributed by atoms with E-state index in [1.807, 2.05) is 6.08 Å². The Morgan fingerprint density at radius 3 is 1.42 bits per heavy atom. The molecule has 0 aliphatic rings. The molecule has 0 radical (unpaired) electrons. The molecule has 8 nitrogen and oxygen atoms in total. The molecule has 52 heavy (non-hydrogen) atoms. The summed E-state index contributed by atoms with van der Waals surface area (Å²) in [4.78, 5) is 22.7. The summed E-state index contributed by atoms with van der Waals surface area (Å²) in [6.07, 6.45) is 45.1. The minimum Gasteiger partial charge on any atom is -0.387 e. The maximum atomic E-state index is 12.7. The van der Waals surface area contributed by atoms with E-state index in [0.717, 1.165) is 51.4 Å². The van der Waals surface area contributed by atoms with Gasteiger partial charge in [-0.05, 0) is 44.9 Å². The van der Waals surface area contributed by atoms with Crippen molar-refractivity contribution in [3.63, 3.8) is 0 Å². The summed E-state index contributed by atoms with van der Waals surface area (Å²) in [7, 11) is -4.34. The summed E-state index contributed by atoms with van der Waals surface area (Å²) < 4.78 is 22.1. The molecule has 5 N–H and O–H groups in total. The van der Waals surface area contributed by atoms with Crippen LogP contribution in [0.3, 0.4) is 0 Å². The number of carbonyl (C=O) groups is 1. The molecule has 0 aromatic heterocycles. The zero-order valence-electron chi connectivity index (χ0n) is 34.1. The molecule has 0 bridgehead atoms. The van der Waals surface area contributed by atoms with Gasteiger partial charge < -0.3 is 21.1 Å². The van der Waals surface area contributed by atoms with Crippen LogP contribution >= 0.6 is 7.82 Å². The van der Waals surface area contributed by atoms with Crippen molar-refractivity contribution in [2.24, 2.45) is 5.73 Å². The molecule has 0 rings (SSSR count). The predicted octanol–water partition coefficient (Wildman–Crippen LogP) is 12.2. The number of hydrogen-bond donors (Lipinski definition) is 4. The van der Waals surface area contributed by atoms with Gasteiger partial charge in [-0.3, -0.25) is 13.8 Å². The summed E-state index contributed by atoms with van der Waals surface area (Å²) in [6, 6.07) is -0.861. The van der Waals surface area contributed by atoms with Gasteiger partial charge in [0.15, 0.2) is 0 Å². The Balaban J connectivity index is 4.22. The first-order chi connectivity index (χ1) is 25.4. The molecule has 0 aliphatic carbocycles. The lowest BCUT2D eigenvalue weighted by Gasteiger charge is -2.23. The third-order valence-corrected chi connectivity index (χ3v) is 10.8. The van der Waals surface area contributed by atoms with Gasteiger partial charge in [0, 0.05) is 13.0 Å². The number of unbranched alkanes of at least 4 members (excludes halogenated alkanes) is 27. The van der Waals surface area contributed by atoms with Crippen molar-refractivity contribution in [3.05, 3.63) is 24.3 Å². The highest BCUT2D eigenvalue weighted by atomic mass is 31.2. The van der Waals surface area contributed by atoms with Crippen LogP contribution in [0.25, 0.3) is 0 Å². The van der Waals surface area contributed by atoms with Crippen molar-refractivity contribution in [1.29, 1.82) is 0 Å². The molecule has 0 spiro atoms. The van der Waals surface area contributed by atoms with Crippen LogP contribution in [0.2, 0.25) is 0 Å². The van der Waals surface area contributed by atoms with E-state index in [0.29, 0.717) is 6.42 Å². The smallest absolute Gasteiger partial charge is 0.387 e. The summed E-state index contributed by atoms with van der Waals surface area (Å²) in [5, 5.41) is 13.7. The molecular formula is C43H85N2O6P. The highest BCUT2D eigenvalue weighted by Crippen LogP contribution is 2.43. The monoisotopic (exact) mass is 757 g/mol. The topological polar surface area (TPSA) is 131 Å². The number of phosphoric ester groups is 1. The molecule has 308 valence electrons. The Labute approximate surface area is 321 Å². The second-order valence-corrected chi connectivity index (χ2v) is 16.4. The van der Waals surface area contributed by atoms with E-state index < -0.39 is 20.0 Å². The van der Waals surface area contributed by atoms with Crippen LogP contribution in [0.1, 0.15) is 213 Å². The first-order valence-electron chi connectivity index (χ1n) is 22.0. The Bertz CT molecular complexity index is 871. The lowest BCUT2D eigenvalue weighted by Crippen LogP contribution is -2.45. The zero-order chi connectivity index (χ0) is 38.2. The number of nitrogens with two attached hydrogens (primary N) is 1. The van der Waals surface area contributed by atoms with Gasteiger partial charge >= 0.3 is 7.82 Å². The van der Waals surface area contributed by atoms with Crippen LogP contribution in [0.5, 0.6) is 0 Å². The molecule has 9 heteroatoms. The van der Waals surface area contributed by atoms with Gasteiger partial charge in [-0.25, -0.2) is 4.57 Å². The maximum Gasteiger partial charge on any atom is 0.472 e. The molecular weight excluding hydrogens is 671 g/mol. The number of hydrogen-bond acceptors (Lipinski definition) is 6. The van der Waals surface area contributed by atoms with Crippen LogP contribution in [0.15, 0.2) is 24.3 Å². The van der Waals surface area contributed by atoms with Crippen molar-refractivity contribution >= 4 is 13.7 Å². The summed E-state index contributed by atoms with van der Waals surface area (Å²) in [6.45, 7) is 4.13. The number of allylic oxidation sites excluding steroid dienone is 3. The molecule has 0 fully saturated rings. The van der Waals surface area contributed by atoms with Crippen molar-refractivity contribution < 1.29 is 28.4 Å². The van der Waals surface area contributed by atoms with E-state index in [1.54, 1.807) is 6.08 Å². The number of phosphoric acid groups is 1. The van der Waals surface area contributed by atoms with Crippen molar-refractivity contribution in [3.8, 4) is 0 Å². The second-order valence-electron chi connectivity index (χ2n) is 14.9. The normalized spacial score (nSPS) is 14.3. The van der Waals surface area contributed by atoms with E-state index in [1.165, 1.54) is 141 Å². The number of aliphatic hydroxyl groups is 1. The molecule has 0 saturated carbocycles. The van der Waals surface area contributed by atoms with Gasteiger partial charge in [-0.2, -0.15) is 0 Å². The fraction of sp³-hybridized carbons (Fsp3) is 0.884. The second kappa shape index (κ2) is 39.7. The van der Waals surface area contributed by atoms with Crippen LogP contribution < -0.4 is 11.1 Å². The van der Waals surface area contributed by atoms with E-state index in [2.05, 4.69) is 31.3 Å². The zero-order valence-corrected chi connectivity index (χ0v) is 35.0. The number of amides is 1. The number of rotatable bonds is 41. The average Bonchev–Trinajstić information content (AvgIpc) is 3.13. The fourth-order valence-electron chi connectivity index (χ4n) is 6.42. The van der Waals surface area contributed by atoms with Crippen molar-refractivity contribution in [1.82, 2.24) is 5.32 Å². The molecule has 3 unspecified atom stereocenters. The SMILES string of the molecule is CCCCCCCC/C=C\CCCCCCCC(=O)NC(COP(=O)(O)OCCN)C(O)/C=C/CCCCCCCCCCCCCCCCCC. The number of nitrogens with one attached hydrogen (secondary N) is 1. The molecule has 3 atom stereocenters. The van der Waals surface area contributed by atoms with E-state index in [4.69, 9.17) is 14.8 Å². The lowest BCUT2D eigenvalue weighted by atomic mass is 10.0. The maximum absolute atomic E-state index is 12.7. The van der Waals surface area contributed by atoms with Crippen molar-refractivity contribution in [2.45, 2.75) is 225 Å².